The maximum atomic E-state index is 11.7. The number of benzene rings is 1. The average molecular weight is 297 g/mol. The van der Waals surface area contributed by atoms with E-state index < -0.39 is 5.60 Å². The predicted molar refractivity (Wildman–Crippen MR) is 79.7 cm³/mol. The number of ketones is 1. The molecule has 1 aromatic carbocycles. The number of Topliss-reactive ketones (excluding diaryl/α,β-unsaturated/α-hetero) is 1. The van der Waals surface area contributed by atoms with E-state index in [1.54, 1.807) is 18.2 Å². The zero-order valence-electron chi connectivity index (χ0n) is 12.6. The van der Waals surface area contributed by atoms with Crippen LogP contribution in [-0.4, -0.2) is 23.1 Å². The zero-order valence-corrected chi connectivity index (χ0v) is 13.4. The van der Waals surface area contributed by atoms with Crippen LogP contribution < -0.4 is 4.74 Å². The maximum absolute atomic E-state index is 11.7. The predicted octanol–water partition coefficient (Wildman–Crippen LogP) is 4.27. The summed E-state index contributed by atoms with van der Waals surface area (Å²) in [4.78, 5) is 11.7. The van der Waals surface area contributed by atoms with Gasteiger partial charge in [0.2, 0.25) is 0 Å². The Morgan fingerprint density at radius 3 is 2.50 bits per heavy atom. The van der Waals surface area contributed by atoms with E-state index in [9.17, 15) is 4.79 Å². The van der Waals surface area contributed by atoms with E-state index in [-0.39, 0.29) is 17.5 Å². The molecule has 0 aromatic heterocycles. The molecular formula is C16H21ClO3. The number of ether oxygens (including phenoxy) is 2. The van der Waals surface area contributed by atoms with Crippen LogP contribution in [0.5, 0.6) is 5.75 Å². The standard InChI is InChI=1S/C16H21ClO3/c1-10(18)12-8-11(17)6-7-13(12)19-14-9-15(2,3)20-16(14,4)5/h6-8,14H,9H2,1-5H3. The van der Waals surface area contributed by atoms with Crippen LogP contribution in [0.15, 0.2) is 18.2 Å². The molecule has 1 atom stereocenters. The summed E-state index contributed by atoms with van der Waals surface area (Å²) in [7, 11) is 0. The van der Waals surface area contributed by atoms with Crippen molar-refractivity contribution in [2.24, 2.45) is 0 Å². The Balaban J connectivity index is 2.29. The van der Waals surface area contributed by atoms with E-state index in [4.69, 9.17) is 21.1 Å². The molecular weight excluding hydrogens is 276 g/mol. The van der Waals surface area contributed by atoms with Crippen molar-refractivity contribution < 1.29 is 14.3 Å². The smallest absolute Gasteiger partial charge is 0.163 e. The van der Waals surface area contributed by atoms with Gasteiger partial charge in [0.05, 0.1) is 11.2 Å². The van der Waals surface area contributed by atoms with E-state index in [2.05, 4.69) is 0 Å². The number of carbonyl (C=O) groups is 1. The van der Waals surface area contributed by atoms with Gasteiger partial charge in [-0.2, -0.15) is 0 Å². The molecule has 2 rings (SSSR count). The van der Waals surface area contributed by atoms with Crippen molar-refractivity contribution in [3.05, 3.63) is 28.8 Å². The Hall–Kier alpha value is -1.06. The van der Waals surface area contributed by atoms with E-state index in [0.717, 1.165) is 6.42 Å². The van der Waals surface area contributed by atoms with Crippen LogP contribution in [-0.2, 0) is 4.74 Å². The molecule has 1 aliphatic rings. The Labute approximate surface area is 125 Å². The number of rotatable bonds is 3. The van der Waals surface area contributed by atoms with Crippen molar-refractivity contribution in [2.45, 2.75) is 58.3 Å². The fraction of sp³-hybridized carbons (Fsp3) is 0.562. The molecule has 1 heterocycles. The minimum Gasteiger partial charge on any atom is -0.487 e. The molecule has 4 heteroatoms. The van der Waals surface area contributed by atoms with Crippen LogP contribution in [0.1, 0.15) is 51.4 Å². The topological polar surface area (TPSA) is 35.5 Å². The summed E-state index contributed by atoms with van der Waals surface area (Å²) < 4.78 is 12.1. The molecule has 1 aromatic rings. The molecule has 3 nitrogen and oxygen atoms in total. The molecule has 0 N–H and O–H groups in total. The van der Waals surface area contributed by atoms with Gasteiger partial charge in [0.15, 0.2) is 5.78 Å². The summed E-state index contributed by atoms with van der Waals surface area (Å²) in [5.74, 6) is 0.514. The number of halogens is 1. The van der Waals surface area contributed by atoms with Gasteiger partial charge in [0, 0.05) is 11.4 Å². The third kappa shape index (κ3) is 3.15. The third-order valence-electron chi connectivity index (χ3n) is 3.58. The fourth-order valence-corrected chi connectivity index (χ4v) is 2.90. The second-order valence-corrected chi connectivity index (χ2v) is 6.91. The van der Waals surface area contributed by atoms with Gasteiger partial charge in [-0.05, 0) is 52.8 Å². The lowest BCUT2D eigenvalue weighted by Crippen LogP contribution is -2.37. The van der Waals surface area contributed by atoms with Crippen LogP contribution in [0.2, 0.25) is 5.02 Å². The minimum absolute atomic E-state index is 0.0570. The molecule has 1 fully saturated rings. The van der Waals surface area contributed by atoms with Crippen molar-refractivity contribution in [1.29, 1.82) is 0 Å². The van der Waals surface area contributed by atoms with E-state index in [1.807, 2.05) is 27.7 Å². The van der Waals surface area contributed by atoms with Gasteiger partial charge in [0.25, 0.3) is 0 Å². The first-order valence-electron chi connectivity index (χ1n) is 6.78. The highest BCUT2D eigenvalue weighted by atomic mass is 35.5. The minimum atomic E-state index is -0.392. The molecule has 1 aliphatic heterocycles. The van der Waals surface area contributed by atoms with Gasteiger partial charge in [-0.1, -0.05) is 11.6 Å². The zero-order chi connectivity index (χ0) is 15.1. The van der Waals surface area contributed by atoms with Crippen molar-refractivity contribution in [1.82, 2.24) is 0 Å². The Bertz CT molecular complexity index is 535. The van der Waals surface area contributed by atoms with Gasteiger partial charge in [0.1, 0.15) is 17.5 Å². The quantitative estimate of drug-likeness (QED) is 0.782. The summed E-state index contributed by atoms with van der Waals surface area (Å²) >= 11 is 5.95. The van der Waals surface area contributed by atoms with Crippen LogP contribution in [0.4, 0.5) is 0 Å². The van der Waals surface area contributed by atoms with Gasteiger partial charge in [-0.25, -0.2) is 0 Å². The highest BCUT2D eigenvalue weighted by Crippen LogP contribution is 2.40. The van der Waals surface area contributed by atoms with E-state index in [0.29, 0.717) is 16.3 Å². The highest BCUT2D eigenvalue weighted by molar-refractivity contribution is 6.31. The molecule has 0 saturated carbocycles. The second-order valence-electron chi connectivity index (χ2n) is 6.47. The summed E-state index contributed by atoms with van der Waals surface area (Å²) in [6, 6.07) is 5.13. The lowest BCUT2D eigenvalue weighted by Gasteiger charge is -2.28. The second kappa shape index (κ2) is 5.05. The van der Waals surface area contributed by atoms with Crippen LogP contribution in [0, 0.1) is 0 Å². The van der Waals surface area contributed by atoms with Gasteiger partial charge < -0.3 is 9.47 Å². The van der Waals surface area contributed by atoms with Crippen LogP contribution in [0.25, 0.3) is 0 Å². The molecule has 0 spiro atoms. The van der Waals surface area contributed by atoms with Crippen molar-refractivity contribution >= 4 is 17.4 Å². The normalized spacial score (nSPS) is 23.6. The number of hydrogen-bond acceptors (Lipinski definition) is 3. The Morgan fingerprint density at radius 2 is 2.00 bits per heavy atom. The lowest BCUT2D eigenvalue weighted by atomic mass is 9.97. The Morgan fingerprint density at radius 1 is 1.35 bits per heavy atom. The molecule has 0 bridgehead atoms. The molecule has 110 valence electrons. The SMILES string of the molecule is CC(=O)c1cc(Cl)ccc1OC1CC(C)(C)OC1(C)C. The van der Waals surface area contributed by atoms with Gasteiger partial charge >= 0.3 is 0 Å². The highest BCUT2D eigenvalue weighted by Gasteiger charge is 2.47. The maximum Gasteiger partial charge on any atom is 0.163 e. The van der Waals surface area contributed by atoms with Gasteiger partial charge in [-0.15, -0.1) is 0 Å². The molecule has 20 heavy (non-hydrogen) atoms. The number of hydrogen-bond donors (Lipinski definition) is 0. The number of carbonyl (C=O) groups excluding carboxylic acids is 1. The summed E-state index contributed by atoms with van der Waals surface area (Å²) in [6.07, 6.45) is 0.678. The molecule has 1 unspecified atom stereocenters. The van der Waals surface area contributed by atoms with E-state index >= 15 is 0 Å². The van der Waals surface area contributed by atoms with Crippen LogP contribution in [0.3, 0.4) is 0 Å². The van der Waals surface area contributed by atoms with Crippen LogP contribution >= 0.6 is 11.6 Å². The fourth-order valence-electron chi connectivity index (χ4n) is 2.73. The molecule has 1 saturated heterocycles. The molecule has 0 radical (unpaired) electrons. The summed E-state index contributed by atoms with van der Waals surface area (Å²) in [5.41, 5.74) is -0.105. The largest absolute Gasteiger partial charge is 0.487 e. The van der Waals surface area contributed by atoms with E-state index in [1.165, 1.54) is 6.92 Å². The lowest BCUT2D eigenvalue weighted by molar-refractivity contribution is -0.0846. The summed E-state index contributed by atoms with van der Waals surface area (Å²) in [6.45, 7) is 9.63. The first-order valence-corrected chi connectivity index (χ1v) is 7.16. The first-order chi connectivity index (χ1) is 9.11. The summed E-state index contributed by atoms with van der Waals surface area (Å²) in [5, 5.41) is 0.532. The van der Waals surface area contributed by atoms with Crippen molar-refractivity contribution in [3.63, 3.8) is 0 Å². The van der Waals surface area contributed by atoms with Gasteiger partial charge in [-0.3, -0.25) is 4.79 Å². The molecule has 0 amide bonds. The first kappa shape index (κ1) is 15.3. The average Bonchev–Trinajstić information content (AvgIpc) is 2.48. The third-order valence-corrected chi connectivity index (χ3v) is 3.82. The van der Waals surface area contributed by atoms with Crippen molar-refractivity contribution in [2.75, 3.05) is 0 Å². The molecule has 0 aliphatic carbocycles. The van der Waals surface area contributed by atoms with Crippen molar-refractivity contribution in [3.8, 4) is 5.75 Å². The monoisotopic (exact) mass is 296 g/mol. The Kier molecular flexibility index (Phi) is 3.87.